The topological polar surface area (TPSA) is 74.5 Å². The number of hydrogen-bond donors (Lipinski definition) is 3. The lowest BCUT2D eigenvalue weighted by Gasteiger charge is -2.26. The summed E-state index contributed by atoms with van der Waals surface area (Å²) in [5.74, 6) is 0. The van der Waals surface area contributed by atoms with E-state index < -0.39 is 5.54 Å². The molecule has 0 bridgehead atoms. The smallest absolute Gasteiger partial charge is 0.250 e. The molecule has 0 aromatic carbocycles. The van der Waals surface area contributed by atoms with Gasteiger partial charge in [0.15, 0.2) is 0 Å². The fourth-order valence-corrected chi connectivity index (χ4v) is 1.29. The highest BCUT2D eigenvalue weighted by Gasteiger charge is 2.20. The molecule has 0 fully saturated rings. The van der Waals surface area contributed by atoms with Gasteiger partial charge in [0, 0.05) is 25.4 Å². The number of pyridine rings is 1. The highest BCUT2D eigenvalue weighted by molar-refractivity contribution is 4.93. The Balaban J connectivity index is 2.48. The number of nitrogens with one attached hydrogen (secondary N) is 1. The van der Waals surface area contributed by atoms with Gasteiger partial charge in [-0.25, -0.2) is 0 Å². The predicted octanol–water partition coefficient (Wildman–Crippen LogP) is -0.819. The molecule has 1 rings (SSSR count). The third kappa shape index (κ3) is 3.44. The van der Waals surface area contributed by atoms with E-state index in [1.54, 1.807) is 29.8 Å². The maximum absolute atomic E-state index is 11.4. The predicted molar refractivity (Wildman–Crippen MR) is 61.3 cm³/mol. The van der Waals surface area contributed by atoms with Gasteiger partial charge in [0.2, 0.25) is 0 Å². The summed E-state index contributed by atoms with van der Waals surface area (Å²) < 4.78 is 1.57. The van der Waals surface area contributed by atoms with Gasteiger partial charge in [-0.2, -0.15) is 0 Å². The van der Waals surface area contributed by atoms with E-state index in [-0.39, 0.29) is 18.8 Å². The first-order valence-corrected chi connectivity index (χ1v) is 5.23. The van der Waals surface area contributed by atoms with E-state index in [4.69, 9.17) is 10.2 Å². The third-order valence-corrected chi connectivity index (χ3v) is 2.50. The first kappa shape index (κ1) is 12.9. The molecule has 0 saturated carbocycles. The monoisotopic (exact) mass is 226 g/mol. The Morgan fingerprint density at radius 2 is 2.06 bits per heavy atom. The minimum Gasteiger partial charge on any atom is -0.394 e. The van der Waals surface area contributed by atoms with Crippen LogP contribution in [0.4, 0.5) is 0 Å². The van der Waals surface area contributed by atoms with E-state index >= 15 is 0 Å². The van der Waals surface area contributed by atoms with Crippen LogP contribution in [0.2, 0.25) is 0 Å². The Labute approximate surface area is 94.4 Å². The zero-order valence-corrected chi connectivity index (χ0v) is 9.39. The SMILES string of the molecule is CC(CO)(CO)NCCn1ccccc1=O. The molecule has 5 nitrogen and oxygen atoms in total. The van der Waals surface area contributed by atoms with Crippen LogP contribution in [-0.2, 0) is 6.54 Å². The van der Waals surface area contributed by atoms with Crippen LogP contribution in [0.15, 0.2) is 29.2 Å². The summed E-state index contributed by atoms with van der Waals surface area (Å²) in [6.07, 6.45) is 1.71. The molecule has 3 N–H and O–H groups in total. The number of hydrogen-bond acceptors (Lipinski definition) is 4. The van der Waals surface area contributed by atoms with Crippen molar-refractivity contribution in [3.8, 4) is 0 Å². The van der Waals surface area contributed by atoms with E-state index in [1.807, 2.05) is 0 Å². The summed E-state index contributed by atoms with van der Waals surface area (Å²) in [6.45, 7) is 2.46. The van der Waals surface area contributed by atoms with Crippen LogP contribution < -0.4 is 10.9 Å². The lowest BCUT2D eigenvalue weighted by Crippen LogP contribution is -2.50. The number of nitrogens with zero attached hydrogens (tertiary/aromatic N) is 1. The van der Waals surface area contributed by atoms with Crippen LogP contribution in [0.1, 0.15) is 6.92 Å². The maximum Gasteiger partial charge on any atom is 0.250 e. The van der Waals surface area contributed by atoms with E-state index in [1.165, 1.54) is 6.07 Å². The zero-order chi connectivity index (χ0) is 12.0. The normalized spacial score (nSPS) is 11.7. The van der Waals surface area contributed by atoms with Crippen molar-refractivity contribution in [1.82, 2.24) is 9.88 Å². The zero-order valence-electron chi connectivity index (χ0n) is 9.39. The molecule has 0 atom stereocenters. The summed E-state index contributed by atoms with van der Waals surface area (Å²) in [7, 11) is 0. The van der Waals surface area contributed by atoms with Crippen LogP contribution in [0.25, 0.3) is 0 Å². The summed E-state index contributed by atoms with van der Waals surface area (Å²) in [6, 6.07) is 4.98. The van der Waals surface area contributed by atoms with E-state index in [2.05, 4.69) is 5.32 Å². The molecule has 0 unspecified atom stereocenters. The highest BCUT2D eigenvalue weighted by Crippen LogP contribution is 1.99. The molecule has 0 aliphatic heterocycles. The molecule has 5 heteroatoms. The first-order valence-electron chi connectivity index (χ1n) is 5.23. The van der Waals surface area contributed by atoms with Crippen molar-refractivity contribution in [2.24, 2.45) is 0 Å². The lowest BCUT2D eigenvalue weighted by molar-refractivity contribution is 0.104. The summed E-state index contributed by atoms with van der Waals surface area (Å²) in [5, 5.41) is 21.1. The van der Waals surface area contributed by atoms with E-state index in [9.17, 15) is 4.79 Å². The van der Waals surface area contributed by atoms with Crippen LogP contribution in [-0.4, -0.2) is 40.1 Å². The summed E-state index contributed by atoms with van der Waals surface area (Å²) >= 11 is 0. The van der Waals surface area contributed by atoms with Crippen molar-refractivity contribution in [2.75, 3.05) is 19.8 Å². The second kappa shape index (κ2) is 5.79. The molecule has 0 amide bonds. The van der Waals surface area contributed by atoms with Crippen LogP contribution >= 0.6 is 0 Å². The van der Waals surface area contributed by atoms with Gasteiger partial charge >= 0.3 is 0 Å². The molecule has 90 valence electrons. The minimum absolute atomic E-state index is 0.0565. The van der Waals surface area contributed by atoms with Gasteiger partial charge in [0.1, 0.15) is 0 Å². The lowest BCUT2D eigenvalue weighted by atomic mass is 10.1. The second-order valence-corrected chi connectivity index (χ2v) is 4.04. The van der Waals surface area contributed by atoms with E-state index in [0.29, 0.717) is 13.1 Å². The third-order valence-electron chi connectivity index (χ3n) is 2.50. The maximum atomic E-state index is 11.4. The molecule has 0 radical (unpaired) electrons. The quantitative estimate of drug-likeness (QED) is 0.592. The first-order chi connectivity index (χ1) is 7.61. The van der Waals surface area contributed by atoms with Gasteiger partial charge in [0.25, 0.3) is 5.56 Å². The average Bonchev–Trinajstić information content (AvgIpc) is 2.31. The Morgan fingerprint density at radius 3 is 2.62 bits per heavy atom. The van der Waals surface area contributed by atoms with Crippen molar-refractivity contribution in [1.29, 1.82) is 0 Å². The van der Waals surface area contributed by atoms with Crippen molar-refractivity contribution in [2.45, 2.75) is 19.0 Å². The summed E-state index contributed by atoms with van der Waals surface area (Å²) in [4.78, 5) is 11.4. The second-order valence-electron chi connectivity index (χ2n) is 4.04. The molecular formula is C11H18N2O3. The fraction of sp³-hybridized carbons (Fsp3) is 0.545. The van der Waals surface area contributed by atoms with Crippen molar-refractivity contribution in [3.63, 3.8) is 0 Å². The standard InChI is InChI=1S/C11H18N2O3/c1-11(8-14,9-15)12-5-7-13-6-3-2-4-10(13)16/h2-4,6,12,14-15H,5,7-9H2,1H3. The van der Waals surface area contributed by atoms with Crippen LogP contribution in [0.3, 0.4) is 0 Å². The number of aromatic nitrogens is 1. The Bertz CT molecular complexity index is 371. The van der Waals surface area contributed by atoms with Gasteiger partial charge in [0.05, 0.1) is 18.8 Å². The molecule has 0 spiro atoms. The van der Waals surface area contributed by atoms with E-state index in [0.717, 1.165) is 0 Å². The largest absolute Gasteiger partial charge is 0.394 e. The Hall–Kier alpha value is -1.17. The van der Waals surface area contributed by atoms with Gasteiger partial charge in [-0.15, -0.1) is 0 Å². The number of aliphatic hydroxyl groups is 2. The average molecular weight is 226 g/mol. The number of rotatable bonds is 6. The van der Waals surface area contributed by atoms with Crippen LogP contribution in [0.5, 0.6) is 0 Å². The number of aliphatic hydroxyl groups excluding tert-OH is 2. The molecule has 1 aromatic heterocycles. The molecule has 16 heavy (non-hydrogen) atoms. The summed E-state index contributed by atoms with van der Waals surface area (Å²) in [5.41, 5.74) is -0.753. The Kier molecular flexibility index (Phi) is 4.67. The van der Waals surface area contributed by atoms with Crippen molar-refractivity contribution < 1.29 is 10.2 Å². The fourth-order valence-electron chi connectivity index (χ4n) is 1.29. The minimum atomic E-state index is -0.696. The van der Waals surface area contributed by atoms with Gasteiger partial charge in [-0.05, 0) is 13.0 Å². The molecule has 0 aliphatic carbocycles. The Morgan fingerprint density at radius 1 is 1.38 bits per heavy atom. The van der Waals surface area contributed by atoms with Gasteiger partial charge in [-0.1, -0.05) is 6.07 Å². The highest BCUT2D eigenvalue weighted by atomic mass is 16.3. The molecule has 1 aromatic rings. The molecule has 1 heterocycles. The molecular weight excluding hydrogens is 208 g/mol. The van der Waals surface area contributed by atoms with Crippen LogP contribution in [0, 0.1) is 0 Å². The van der Waals surface area contributed by atoms with Gasteiger partial charge < -0.3 is 20.1 Å². The molecule has 0 aliphatic rings. The van der Waals surface area contributed by atoms with Crippen molar-refractivity contribution in [3.05, 3.63) is 34.7 Å². The van der Waals surface area contributed by atoms with Gasteiger partial charge in [-0.3, -0.25) is 4.79 Å². The van der Waals surface area contributed by atoms with Crippen molar-refractivity contribution >= 4 is 0 Å². The molecule has 0 saturated heterocycles.